The van der Waals surface area contributed by atoms with Gasteiger partial charge in [-0.3, -0.25) is 4.79 Å². The standard InChI is InChI=1S/C13H15NO2/c1-9-3-5-11-10(4-6-13(15)16)8-14(2)12(11)7-9/h3,5,7-8H,4,6H2,1-2H3,(H,15,16). The minimum Gasteiger partial charge on any atom is -0.481 e. The molecule has 0 spiro atoms. The summed E-state index contributed by atoms with van der Waals surface area (Å²) in [4.78, 5) is 10.6. The summed E-state index contributed by atoms with van der Waals surface area (Å²) >= 11 is 0. The summed E-state index contributed by atoms with van der Waals surface area (Å²) in [6, 6.07) is 6.26. The number of carboxylic acids is 1. The first-order valence-electron chi connectivity index (χ1n) is 5.34. The van der Waals surface area contributed by atoms with Crippen molar-refractivity contribution in [2.75, 3.05) is 0 Å². The summed E-state index contributed by atoms with van der Waals surface area (Å²) in [5.74, 6) is -0.746. The lowest BCUT2D eigenvalue weighted by Gasteiger charge is -1.98. The van der Waals surface area contributed by atoms with Gasteiger partial charge in [0.15, 0.2) is 0 Å². The van der Waals surface area contributed by atoms with Gasteiger partial charge in [-0.15, -0.1) is 0 Å². The summed E-state index contributed by atoms with van der Waals surface area (Å²) < 4.78 is 2.06. The zero-order valence-electron chi connectivity index (χ0n) is 9.53. The van der Waals surface area contributed by atoms with E-state index in [1.54, 1.807) is 0 Å². The van der Waals surface area contributed by atoms with Crippen molar-refractivity contribution in [2.24, 2.45) is 7.05 Å². The normalized spacial score (nSPS) is 10.9. The number of aliphatic carboxylic acids is 1. The van der Waals surface area contributed by atoms with Gasteiger partial charge >= 0.3 is 5.97 Å². The molecule has 0 bridgehead atoms. The van der Waals surface area contributed by atoms with Gasteiger partial charge in [-0.25, -0.2) is 0 Å². The first-order chi connectivity index (χ1) is 7.58. The number of aromatic nitrogens is 1. The highest BCUT2D eigenvalue weighted by atomic mass is 16.4. The van der Waals surface area contributed by atoms with Crippen molar-refractivity contribution in [1.29, 1.82) is 0 Å². The Labute approximate surface area is 94.3 Å². The Balaban J connectivity index is 2.43. The highest BCUT2D eigenvalue weighted by molar-refractivity contribution is 5.85. The lowest BCUT2D eigenvalue weighted by molar-refractivity contribution is -0.136. The van der Waals surface area contributed by atoms with E-state index < -0.39 is 5.97 Å². The van der Waals surface area contributed by atoms with Crippen LogP contribution in [0, 0.1) is 6.92 Å². The number of rotatable bonds is 3. The zero-order valence-corrected chi connectivity index (χ0v) is 9.53. The van der Waals surface area contributed by atoms with E-state index in [2.05, 4.69) is 29.7 Å². The topological polar surface area (TPSA) is 42.2 Å². The second-order valence-corrected chi connectivity index (χ2v) is 4.18. The minimum atomic E-state index is -0.746. The fraction of sp³-hybridized carbons (Fsp3) is 0.308. The smallest absolute Gasteiger partial charge is 0.303 e. The summed E-state index contributed by atoms with van der Waals surface area (Å²) in [6.07, 6.45) is 2.80. The molecule has 2 rings (SSSR count). The fourth-order valence-corrected chi connectivity index (χ4v) is 2.02. The molecule has 2 aromatic rings. The van der Waals surface area contributed by atoms with Crippen LogP contribution in [0.3, 0.4) is 0 Å². The number of carboxylic acid groups (broad SMARTS) is 1. The molecule has 3 nitrogen and oxygen atoms in total. The van der Waals surface area contributed by atoms with Crippen LogP contribution in [-0.4, -0.2) is 15.6 Å². The number of hydrogen-bond donors (Lipinski definition) is 1. The lowest BCUT2D eigenvalue weighted by Crippen LogP contribution is -1.96. The Morgan fingerprint density at radius 2 is 2.19 bits per heavy atom. The van der Waals surface area contributed by atoms with E-state index >= 15 is 0 Å². The van der Waals surface area contributed by atoms with Crippen molar-refractivity contribution in [3.63, 3.8) is 0 Å². The zero-order chi connectivity index (χ0) is 11.7. The molecule has 1 N–H and O–H groups in total. The van der Waals surface area contributed by atoms with Gasteiger partial charge in [-0.1, -0.05) is 12.1 Å². The quantitative estimate of drug-likeness (QED) is 0.858. The van der Waals surface area contributed by atoms with E-state index in [-0.39, 0.29) is 6.42 Å². The van der Waals surface area contributed by atoms with Gasteiger partial charge in [0.2, 0.25) is 0 Å². The van der Waals surface area contributed by atoms with Crippen LogP contribution >= 0.6 is 0 Å². The third kappa shape index (κ3) is 1.94. The Hall–Kier alpha value is -1.77. The highest BCUT2D eigenvalue weighted by Gasteiger charge is 2.07. The Bertz CT molecular complexity index is 540. The van der Waals surface area contributed by atoms with Crippen LogP contribution in [0.5, 0.6) is 0 Å². The van der Waals surface area contributed by atoms with Crippen LogP contribution in [0.4, 0.5) is 0 Å². The molecule has 0 aliphatic carbocycles. The van der Waals surface area contributed by atoms with E-state index in [0.29, 0.717) is 6.42 Å². The van der Waals surface area contributed by atoms with Gasteiger partial charge < -0.3 is 9.67 Å². The molecule has 0 saturated carbocycles. The van der Waals surface area contributed by atoms with Gasteiger partial charge in [0, 0.05) is 30.6 Å². The molecular weight excluding hydrogens is 202 g/mol. The SMILES string of the molecule is Cc1ccc2c(CCC(=O)O)cn(C)c2c1. The maximum absolute atomic E-state index is 10.6. The summed E-state index contributed by atoms with van der Waals surface area (Å²) in [6.45, 7) is 2.06. The second kappa shape index (κ2) is 4.00. The summed E-state index contributed by atoms with van der Waals surface area (Å²) in [7, 11) is 1.99. The third-order valence-corrected chi connectivity index (χ3v) is 2.84. The van der Waals surface area contributed by atoms with E-state index in [4.69, 9.17) is 5.11 Å². The van der Waals surface area contributed by atoms with Gasteiger partial charge in [0.25, 0.3) is 0 Å². The van der Waals surface area contributed by atoms with E-state index in [1.807, 2.05) is 13.2 Å². The molecule has 0 radical (unpaired) electrons. The van der Waals surface area contributed by atoms with E-state index in [9.17, 15) is 4.79 Å². The molecule has 16 heavy (non-hydrogen) atoms. The van der Waals surface area contributed by atoms with Gasteiger partial charge in [-0.2, -0.15) is 0 Å². The summed E-state index contributed by atoms with van der Waals surface area (Å²) in [5.41, 5.74) is 3.50. The van der Waals surface area contributed by atoms with Gasteiger partial charge in [0.05, 0.1) is 0 Å². The Morgan fingerprint density at radius 3 is 2.88 bits per heavy atom. The number of fused-ring (bicyclic) bond motifs is 1. The van der Waals surface area contributed by atoms with Crippen LogP contribution in [-0.2, 0) is 18.3 Å². The molecule has 1 aromatic heterocycles. The minimum absolute atomic E-state index is 0.187. The molecule has 0 fully saturated rings. The first-order valence-corrected chi connectivity index (χ1v) is 5.34. The molecule has 1 aromatic carbocycles. The van der Waals surface area contributed by atoms with Crippen molar-refractivity contribution in [3.05, 3.63) is 35.5 Å². The Kier molecular flexibility index (Phi) is 2.69. The fourth-order valence-electron chi connectivity index (χ4n) is 2.02. The second-order valence-electron chi connectivity index (χ2n) is 4.18. The molecular formula is C13H15NO2. The number of hydrogen-bond acceptors (Lipinski definition) is 1. The number of nitrogens with zero attached hydrogens (tertiary/aromatic N) is 1. The third-order valence-electron chi connectivity index (χ3n) is 2.84. The van der Waals surface area contributed by atoms with E-state index in [1.165, 1.54) is 11.1 Å². The molecule has 3 heteroatoms. The Morgan fingerprint density at radius 1 is 1.44 bits per heavy atom. The maximum atomic E-state index is 10.6. The summed E-state index contributed by atoms with van der Waals surface area (Å²) in [5, 5.41) is 9.85. The van der Waals surface area contributed by atoms with Crippen LogP contribution < -0.4 is 0 Å². The average Bonchev–Trinajstić information content (AvgIpc) is 2.53. The molecule has 0 aliphatic rings. The molecule has 1 heterocycles. The number of aryl methyl sites for hydroxylation is 3. The molecule has 0 saturated heterocycles. The van der Waals surface area contributed by atoms with Crippen LogP contribution in [0.25, 0.3) is 10.9 Å². The van der Waals surface area contributed by atoms with Crippen molar-refractivity contribution >= 4 is 16.9 Å². The molecule has 0 amide bonds. The van der Waals surface area contributed by atoms with E-state index in [0.717, 1.165) is 10.9 Å². The van der Waals surface area contributed by atoms with Gasteiger partial charge in [0.1, 0.15) is 0 Å². The number of benzene rings is 1. The van der Waals surface area contributed by atoms with Crippen molar-refractivity contribution in [1.82, 2.24) is 4.57 Å². The van der Waals surface area contributed by atoms with Crippen molar-refractivity contribution in [3.8, 4) is 0 Å². The lowest BCUT2D eigenvalue weighted by atomic mass is 10.1. The average molecular weight is 217 g/mol. The largest absolute Gasteiger partial charge is 0.481 e. The highest BCUT2D eigenvalue weighted by Crippen LogP contribution is 2.22. The first kappa shape index (κ1) is 10.7. The number of carbonyl (C=O) groups is 1. The maximum Gasteiger partial charge on any atom is 0.303 e. The van der Waals surface area contributed by atoms with Crippen LogP contribution in [0.1, 0.15) is 17.5 Å². The molecule has 84 valence electrons. The molecule has 0 atom stereocenters. The van der Waals surface area contributed by atoms with Crippen molar-refractivity contribution in [2.45, 2.75) is 19.8 Å². The molecule has 0 unspecified atom stereocenters. The molecule has 0 aliphatic heterocycles. The van der Waals surface area contributed by atoms with Crippen molar-refractivity contribution < 1.29 is 9.90 Å². The van der Waals surface area contributed by atoms with Crippen LogP contribution in [0.15, 0.2) is 24.4 Å². The van der Waals surface area contributed by atoms with Crippen LogP contribution in [0.2, 0.25) is 0 Å². The van der Waals surface area contributed by atoms with Gasteiger partial charge in [-0.05, 0) is 30.5 Å². The predicted octanol–water partition coefficient (Wildman–Crippen LogP) is 2.50. The monoisotopic (exact) mass is 217 g/mol. The predicted molar refractivity (Wildman–Crippen MR) is 63.6 cm³/mol.